The number of nitrogens with one attached hydrogen (secondary N) is 1. The molecule has 3 heterocycles. The van der Waals surface area contributed by atoms with Crippen LogP contribution in [0.1, 0.15) is 36.4 Å². The van der Waals surface area contributed by atoms with Gasteiger partial charge in [0.1, 0.15) is 12.6 Å². The third kappa shape index (κ3) is 4.92. The Morgan fingerprint density at radius 3 is 2.45 bits per heavy atom. The number of rotatable bonds is 5. The number of piperidine rings is 1. The Morgan fingerprint density at radius 2 is 1.73 bits per heavy atom. The first-order valence-corrected chi connectivity index (χ1v) is 12.0. The van der Waals surface area contributed by atoms with Crippen molar-refractivity contribution in [2.24, 2.45) is 5.92 Å². The molecule has 2 atom stereocenters. The summed E-state index contributed by atoms with van der Waals surface area (Å²) in [5.74, 6) is 0.601. The fourth-order valence-electron chi connectivity index (χ4n) is 5.06. The van der Waals surface area contributed by atoms with Gasteiger partial charge in [0.2, 0.25) is 5.91 Å². The van der Waals surface area contributed by atoms with Crippen molar-refractivity contribution in [3.63, 3.8) is 0 Å². The van der Waals surface area contributed by atoms with Crippen LogP contribution in [0.3, 0.4) is 0 Å². The van der Waals surface area contributed by atoms with Gasteiger partial charge in [-0.2, -0.15) is 0 Å². The highest BCUT2D eigenvalue weighted by atomic mass is 35.5. The molecule has 6 nitrogen and oxygen atoms in total. The highest BCUT2D eigenvalue weighted by molar-refractivity contribution is 6.30. The van der Waals surface area contributed by atoms with Crippen molar-refractivity contribution in [3.05, 3.63) is 83.1 Å². The van der Waals surface area contributed by atoms with Crippen molar-refractivity contribution < 1.29 is 9.59 Å². The Bertz CT molecular complexity index is 1020. The van der Waals surface area contributed by atoms with E-state index >= 15 is 0 Å². The molecule has 0 aliphatic carbocycles. The van der Waals surface area contributed by atoms with Crippen LogP contribution in [0.2, 0.25) is 5.02 Å². The van der Waals surface area contributed by atoms with E-state index in [0.29, 0.717) is 17.4 Å². The van der Waals surface area contributed by atoms with Crippen molar-refractivity contribution in [1.82, 2.24) is 20.2 Å². The number of carbonyl (C=O) groups excluding carboxylic acids is 2. The minimum atomic E-state index is -0.305. The second-order valence-corrected chi connectivity index (χ2v) is 9.61. The van der Waals surface area contributed by atoms with Gasteiger partial charge >= 0.3 is 0 Å². The summed E-state index contributed by atoms with van der Waals surface area (Å²) in [6.07, 6.45) is 7.31. The molecule has 0 saturated carbocycles. The maximum absolute atomic E-state index is 13.1. The fourth-order valence-corrected chi connectivity index (χ4v) is 5.19. The van der Waals surface area contributed by atoms with Crippen molar-refractivity contribution in [2.45, 2.75) is 37.8 Å². The molecule has 0 aromatic heterocycles. The molecule has 0 radical (unpaired) electrons. The van der Waals surface area contributed by atoms with Crippen LogP contribution >= 0.6 is 11.6 Å². The van der Waals surface area contributed by atoms with Crippen LogP contribution in [0.15, 0.2) is 67.0 Å². The molecule has 0 spiro atoms. The monoisotopic (exact) mass is 464 g/mol. The van der Waals surface area contributed by atoms with Crippen LogP contribution in [-0.4, -0.2) is 52.3 Å². The number of carbonyl (C=O) groups is 2. The maximum Gasteiger partial charge on any atom is 0.251 e. The van der Waals surface area contributed by atoms with Gasteiger partial charge in [-0.05, 0) is 54.9 Å². The van der Waals surface area contributed by atoms with E-state index < -0.39 is 0 Å². The molecule has 2 saturated heterocycles. The molecule has 7 heteroatoms. The minimum Gasteiger partial charge on any atom is -0.341 e. The largest absolute Gasteiger partial charge is 0.341 e. The van der Waals surface area contributed by atoms with Crippen molar-refractivity contribution >= 4 is 23.4 Å². The normalized spacial score (nSPS) is 23.2. The minimum absolute atomic E-state index is 0.0276. The SMILES string of the molecule is O=C1C2CC(c3ccc(Cl)cc3)NN2C=CN1CC(=O)N1CCC(Cc2ccccc2)CC1. The van der Waals surface area contributed by atoms with Crippen molar-refractivity contribution in [1.29, 1.82) is 0 Å². The number of amides is 2. The smallest absolute Gasteiger partial charge is 0.251 e. The average Bonchev–Trinajstić information content (AvgIpc) is 3.28. The number of fused-ring (bicyclic) bond motifs is 1. The predicted molar refractivity (Wildman–Crippen MR) is 128 cm³/mol. The standard InChI is InChI=1S/C26H29ClN4O2/c27-22-8-6-21(7-9-22)23-17-24-26(33)30(14-15-31(24)28-23)18-25(32)29-12-10-20(11-13-29)16-19-4-2-1-3-5-19/h1-9,14-15,20,23-24,28H,10-13,16-18H2. The second-order valence-electron chi connectivity index (χ2n) is 9.17. The van der Waals surface area contributed by atoms with E-state index in [0.717, 1.165) is 37.9 Å². The summed E-state index contributed by atoms with van der Waals surface area (Å²) in [5.41, 5.74) is 5.83. The molecule has 172 valence electrons. The van der Waals surface area contributed by atoms with Crippen molar-refractivity contribution in [3.8, 4) is 0 Å². The summed E-state index contributed by atoms with van der Waals surface area (Å²) < 4.78 is 0. The second kappa shape index (κ2) is 9.57. The summed E-state index contributed by atoms with van der Waals surface area (Å²) in [7, 11) is 0. The van der Waals surface area contributed by atoms with Gasteiger partial charge in [-0.1, -0.05) is 54.1 Å². The maximum atomic E-state index is 13.1. The molecule has 2 aromatic rings. The zero-order valence-corrected chi connectivity index (χ0v) is 19.3. The van der Waals surface area contributed by atoms with Crippen LogP contribution in [0.25, 0.3) is 0 Å². The molecule has 1 N–H and O–H groups in total. The lowest BCUT2D eigenvalue weighted by Gasteiger charge is -2.35. The molecule has 2 fully saturated rings. The van der Waals surface area contributed by atoms with Gasteiger partial charge in [0, 0.05) is 30.5 Å². The number of hydrogen-bond donors (Lipinski definition) is 1. The molecule has 3 aliphatic heterocycles. The molecule has 33 heavy (non-hydrogen) atoms. The summed E-state index contributed by atoms with van der Waals surface area (Å²) >= 11 is 6.00. The summed E-state index contributed by atoms with van der Waals surface area (Å²) in [6, 6.07) is 18.0. The highest BCUT2D eigenvalue weighted by Gasteiger charge is 2.40. The fraction of sp³-hybridized carbons (Fsp3) is 0.385. The van der Waals surface area contributed by atoms with Crippen LogP contribution in [0.5, 0.6) is 0 Å². The Kier molecular flexibility index (Phi) is 6.38. The van der Waals surface area contributed by atoms with Gasteiger partial charge in [0.05, 0.1) is 6.04 Å². The number of hydrogen-bond acceptors (Lipinski definition) is 4. The molecule has 2 aromatic carbocycles. The van der Waals surface area contributed by atoms with Crippen LogP contribution < -0.4 is 5.43 Å². The summed E-state index contributed by atoms with van der Waals surface area (Å²) in [4.78, 5) is 29.5. The third-order valence-corrected chi connectivity index (χ3v) is 7.24. The van der Waals surface area contributed by atoms with Crippen molar-refractivity contribution in [2.75, 3.05) is 19.6 Å². The number of nitrogens with zero attached hydrogens (tertiary/aromatic N) is 3. The number of likely N-dealkylation sites (tertiary alicyclic amines) is 1. The van der Waals surface area contributed by atoms with E-state index in [-0.39, 0.29) is 30.4 Å². The number of halogens is 1. The Balaban J connectivity index is 1.13. The van der Waals surface area contributed by atoms with Gasteiger partial charge in [0.25, 0.3) is 5.91 Å². The summed E-state index contributed by atoms with van der Waals surface area (Å²) in [6.45, 7) is 1.63. The molecular weight excluding hydrogens is 436 g/mol. The Labute approximate surface area is 199 Å². The van der Waals surface area contributed by atoms with E-state index in [4.69, 9.17) is 11.6 Å². The topological polar surface area (TPSA) is 55.9 Å². The van der Waals surface area contributed by atoms with Crippen LogP contribution in [-0.2, 0) is 16.0 Å². The lowest BCUT2D eigenvalue weighted by Crippen LogP contribution is -2.51. The molecular formula is C26H29ClN4O2. The lowest BCUT2D eigenvalue weighted by atomic mass is 9.90. The number of benzene rings is 2. The predicted octanol–water partition coefficient (Wildman–Crippen LogP) is 3.75. The first-order valence-electron chi connectivity index (χ1n) is 11.7. The summed E-state index contributed by atoms with van der Waals surface area (Å²) in [5, 5.41) is 2.55. The van der Waals surface area contributed by atoms with E-state index in [1.54, 1.807) is 11.1 Å². The first kappa shape index (κ1) is 22.0. The third-order valence-electron chi connectivity index (χ3n) is 6.99. The van der Waals surface area contributed by atoms with Gasteiger partial charge in [0.15, 0.2) is 0 Å². The van der Waals surface area contributed by atoms with Gasteiger partial charge in [-0.3, -0.25) is 9.59 Å². The molecule has 3 aliphatic rings. The lowest BCUT2D eigenvalue weighted by molar-refractivity contribution is -0.142. The highest BCUT2D eigenvalue weighted by Crippen LogP contribution is 2.31. The van der Waals surface area contributed by atoms with Crippen LogP contribution in [0, 0.1) is 5.92 Å². The van der Waals surface area contributed by atoms with Gasteiger partial charge in [-0.15, -0.1) is 0 Å². The van der Waals surface area contributed by atoms with E-state index in [1.165, 1.54) is 5.56 Å². The van der Waals surface area contributed by atoms with Gasteiger partial charge < -0.3 is 14.8 Å². The first-order chi connectivity index (χ1) is 16.1. The Hall–Kier alpha value is -2.83. The van der Waals surface area contributed by atoms with Gasteiger partial charge in [-0.25, -0.2) is 5.43 Å². The van der Waals surface area contributed by atoms with Crippen LogP contribution in [0.4, 0.5) is 0 Å². The molecule has 2 amide bonds. The molecule has 0 bridgehead atoms. The van der Waals surface area contributed by atoms with E-state index in [9.17, 15) is 9.59 Å². The molecule has 2 unspecified atom stereocenters. The van der Waals surface area contributed by atoms with E-state index in [2.05, 4.69) is 29.7 Å². The number of hydrazine groups is 1. The quantitative estimate of drug-likeness (QED) is 0.732. The average molecular weight is 465 g/mol. The van der Waals surface area contributed by atoms with E-state index in [1.807, 2.05) is 46.4 Å². The molecule has 5 rings (SSSR count). The Morgan fingerprint density at radius 1 is 1.00 bits per heavy atom. The zero-order chi connectivity index (χ0) is 22.8. The zero-order valence-electron chi connectivity index (χ0n) is 18.6.